The van der Waals surface area contributed by atoms with Crippen molar-refractivity contribution in [3.8, 4) is 0 Å². The molecule has 0 fully saturated rings. The summed E-state index contributed by atoms with van der Waals surface area (Å²) in [6.45, 7) is 11.1. The average Bonchev–Trinajstić information content (AvgIpc) is 2.54. The van der Waals surface area contributed by atoms with E-state index in [0.717, 1.165) is 23.2 Å². The maximum Gasteiger partial charge on any atom is 0.251 e. The summed E-state index contributed by atoms with van der Waals surface area (Å²) in [4.78, 5) is 17.0. The van der Waals surface area contributed by atoms with E-state index in [-0.39, 0.29) is 11.3 Å². The molecule has 1 aromatic carbocycles. The molecule has 1 heterocycles. The number of benzene rings is 1. The molecule has 24 heavy (non-hydrogen) atoms. The van der Waals surface area contributed by atoms with Gasteiger partial charge in [-0.05, 0) is 36.5 Å². The lowest BCUT2D eigenvalue weighted by molar-refractivity contribution is 0.0951. The van der Waals surface area contributed by atoms with E-state index in [0.29, 0.717) is 12.5 Å². The normalized spacial score (nSPS) is 12.7. The standard InChI is InChI=1S/C21H28N2O/c1-15(17-9-7-6-8-10-17)11-12-22-20(24)18-13-19(21(3,4)5)23-14-16(18)2/h6-10,13-15H,11-12H2,1-5H3,(H,22,24). The lowest BCUT2D eigenvalue weighted by Gasteiger charge is -2.19. The lowest BCUT2D eigenvalue weighted by Crippen LogP contribution is -2.27. The summed E-state index contributed by atoms with van der Waals surface area (Å²) < 4.78 is 0. The van der Waals surface area contributed by atoms with E-state index in [1.54, 1.807) is 6.20 Å². The van der Waals surface area contributed by atoms with E-state index >= 15 is 0 Å². The third-order valence-corrected chi connectivity index (χ3v) is 4.35. The van der Waals surface area contributed by atoms with Gasteiger partial charge in [-0.3, -0.25) is 9.78 Å². The van der Waals surface area contributed by atoms with Crippen LogP contribution in [0.3, 0.4) is 0 Å². The van der Waals surface area contributed by atoms with Crippen LogP contribution >= 0.6 is 0 Å². The Bertz CT molecular complexity index is 687. The number of pyridine rings is 1. The van der Waals surface area contributed by atoms with Crippen LogP contribution in [0.5, 0.6) is 0 Å². The minimum Gasteiger partial charge on any atom is -0.352 e. The number of nitrogens with one attached hydrogen (secondary N) is 1. The molecule has 2 aromatic rings. The van der Waals surface area contributed by atoms with Gasteiger partial charge in [-0.15, -0.1) is 0 Å². The summed E-state index contributed by atoms with van der Waals surface area (Å²) in [5.41, 5.74) is 3.82. The van der Waals surface area contributed by atoms with Gasteiger partial charge in [-0.1, -0.05) is 58.0 Å². The first-order valence-electron chi connectivity index (χ1n) is 8.59. The van der Waals surface area contributed by atoms with Crippen LogP contribution in [0.4, 0.5) is 0 Å². The number of amides is 1. The molecular weight excluding hydrogens is 296 g/mol. The Balaban J connectivity index is 1.98. The molecule has 0 aliphatic heterocycles. The molecule has 0 saturated carbocycles. The molecule has 1 atom stereocenters. The minimum absolute atomic E-state index is 0.0133. The van der Waals surface area contributed by atoms with Crippen LogP contribution in [-0.2, 0) is 5.41 Å². The van der Waals surface area contributed by atoms with Crippen LogP contribution in [0.1, 0.15) is 67.2 Å². The van der Waals surface area contributed by atoms with Crippen LogP contribution in [0, 0.1) is 6.92 Å². The number of aromatic nitrogens is 1. The molecule has 2 rings (SSSR count). The Labute approximate surface area is 145 Å². The van der Waals surface area contributed by atoms with Crippen molar-refractivity contribution in [1.29, 1.82) is 0 Å². The fourth-order valence-corrected chi connectivity index (χ4v) is 2.62. The predicted molar refractivity (Wildman–Crippen MR) is 99.5 cm³/mol. The fourth-order valence-electron chi connectivity index (χ4n) is 2.62. The van der Waals surface area contributed by atoms with E-state index in [2.05, 4.69) is 62.3 Å². The Hall–Kier alpha value is -2.16. The lowest BCUT2D eigenvalue weighted by atomic mass is 9.90. The van der Waals surface area contributed by atoms with Gasteiger partial charge in [0.15, 0.2) is 0 Å². The monoisotopic (exact) mass is 324 g/mol. The van der Waals surface area contributed by atoms with Crippen LogP contribution in [-0.4, -0.2) is 17.4 Å². The van der Waals surface area contributed by atoms with Crippen LogP contribution in [0.15, 0.2) is 42.6 Å². The molecular formula is C21H28N2O. The topological polar surface area (TPSA) is 42.0 Å². The molecule has 0 spiro atoms. The number of carbonyl (C=O) groups excluding carboxylic acids is 1. The quantitative estimate of drug-likeness (QED) is 0.872. The second-order valence-corrected chi connectivity index (χ2v) is 7.49. The van der Waals surface area contributed by atoms with Gasteiger partial charge in [0.1, 0.15) is 0 Å². The average molecular weight is 324 g/mol. The van der Waals surface area contributed by atoms with Crippen molar-refractivity contribution in [2.24, 2.45) is 0 Å². The Morgan fingerprint density at radius 3 is 2.50 bits per heavy atom. The summed E-state index contributed by atoms with van der Waals surface area (Å²) in [5, 5.41) is 3.05. The van der Waals surface area contributed by atoms with Crippen LogP contribution in [0.25, 0.3) is 0 Å². The Kier molecular flexibility index (Phi) is 5.76. The van der Waals surface area contributed by atoms with Crippen molar-refractivity contribution < 1.29 is 4.79 Å². The van der Waals surface area contributed by atoms with E-state index < -0.39 is 0 Å². The minimum atomic E-state index is -0.0649. The number of rotatable bonds is 5. The molecule has 3 heteroatoms. The van der Waals surface area contributed by atoms with Gasteiger partial charge in [0.2, 0.25) is 0 Å². The third kappa shape index (κ3) is 4.67. The van der Waals surface area contributed by atoms with Gasteiger partial charge in [0.05, 0.1) is 0 Å². The van der Waals surface area contributed by atoms with Crippen molar-refractivity contribution in [2.45, 2.75) is 52.4 Å². The fraction of sp³-hybridized carbons (Fsp3) is 0.429. The number of hydrogen-bond donors (Lipinski definition) is 1. The molecule has 1 unspecified atom stereocenters. The first-order chi connectivity index (χ1) is 11.3. The van der Waals surface area contributed by atoms with Crippen molar-refractivity contribution in [1.82, 2.24) is 10.3 Å². The van der Waals surface area contributed by atoms with Crippen LogP contribution < -0.4 is 5.32 Å². The first kappa shape index (κ1) is 18.2. The number of hydrogen-bond acceptors (Lipinski definition) is 2. The van der Waals surface area contributed by atoms with E-state index in [4.69, 9.17) is 0 Å². The summed E-state index contributed by atoms with van der Waals surface area (Å²) in [5.74, 6) is 0.413. The molecule has 128 valence electrons. The molecule has 0 aliphatic carbocycles. The largest absolute Gasteiger partial charge is 0.352 e. The molecule has 0 radical (unpaired) electrons. The molecule has 1 amide bonds. The van der Waals surface area contributed by atoms with Crippen molar-refractivity contribution in [2.75, 3.05) is 6.54 Å². The highest BCUT2D eigenvalue weighted by molar-refractivity contribution is 5.95. The van der Waals surface area contributed by atoms with Gasteiger partial charge in [-0.25, -0.2) is 0 Å². The van der Waals surface area contributed by atoms with Gasteiger partial charge >= 0.3 is 0 Å². The highest BCUT2D eigenvalue weighted by Crippen LogP contribution is 2.22. The maximum atomic E-state index is 12.5. The molecule has 1 N–H and O–H groups in total. The highest BCUT2D eigenvalue weighted by atomic mass is 16.1. The second kappa shape index (κ2) is 7.61. The SMILES string of the molecule is Cc1cnc(C(C)(C)C)cc1C(=O)NCCC(C)c1ccccc1. The zero-order valence-corrected chi connectivity index (χ0v) is 15.4. The van der Waals surface area contributed by atoms with Gasteiger partial charge in [-0.2, -0.15) is 0 Å². The van der Waals surface area contributed by atoms with E-state index in [9.17, 15) is 4.79 Å². The Morgan fingerprint density at radius 1 is 1.21 bits per heavy atom. The maximum absolute atomic E-state index is 12.5. The molecule has 3 nitrogen and oxygen atoms in total. The van der Waals surface area contributed by atoms with E-state index in [1.165, 1.54) is 5.56 Å². The number of carbonyl (C=O) groups is 1. The number of aryl methyl sites for hydroxylation is 1. The first-order valence-corrected chi connectivity index (χ1v) is 8.59. The summed E-state index contributed by atoms with van der Waals surface area (Å²) in [7, 11) is 0. The summed E-state index contributed by atoms with van der Waals surface area (Å²) in [6, 6.07) is 12.3. The predicted octanol–water partition coefficient (Wildman–Crippen LogP) is 4.61. The van der Waals surface area contributed by atoms with Crippen molar-refractivity contribution >= 4 is 5.91 Å². The molecule has 0 aliphatic rings. The van der Waals surface area contributed by atoms with Gasteiger partial charge in [0, 0.05) is 29.4 Å². The molecule has 1 aromatic heterocycles. The zero-order valence-electron chi connectivity index (χ0n) is 15.4. The van der Waals surface area contributed by atoms with Gasteiger partial charge in [0.25, 0.3) is 5.91 Å². The van der Waals surface area contributed by atoms with Crippen LogP contribution in [0.2, 0.25) is 0 Å². The van der Waals surface area contributed by atoms with Crippen molar-refractivity contribution in [3.63, 3.8) is 0 Å². The summed E-state index contributed by atoms with van der Waals surface area (Å²) in [6.07, 6.45) is 2.72. The van der Waals surface area contributed by atoms with Gasteiger partial charge < -0.3 is 5.32 Å². The highest BCUT2D eigenvalue weighted by Gasteiger charge is 2.19. The summed E-state index contributed by atoms with van der Waals surface area (Å²) >= 11 is 0. The third-order valence-electron chi connectivity index (χ3n) is 4.35. The molecule has 0 saturated heterocycles. The Morgan fingerprint density at radius 2 is 1.88 bits per heavy atom. The second-order valence-electron chi connectivity index (χ2n) is 7.49. The zero-order chi connectivity index (χ0) is 17.7. The van der Waals surface area contributed by atoms with Crippen molar-refractivity contribution in [3.05, 3.63) is 65.0 Å². The molecule has 0 bridgehead atoms. The smallest absolute Gasteiger partial charge is 0.251 e. The number of nitrogens with zero attached hydrogens (tertiary/aromatic N) is 1. The van der Waals surface area contributed by atoms with E-state index in [1.807, 2.05) is 19.1 Å².